The fraction of sp³-hybridized carbons (Fsp3) is 1.00. The molecule has 32 valence electrons. The van der Waals surface area contributed by atoms with Crippen LogP contribution in [0.2, 0.25) is 0 Å². The minimum absolute atomic E-state index is 0.608. The van der Waals surface area contributed by atoms with Gasteiger partial charge in [0, 0.05) is 0 Å². The maximum absolute atomic E-state index is 7.89. The van der Waals surface area contributed by atoms with Crippen molar-refractivity contribution in [3.63, 3.8) is 0 Å². The fourth-order valence-electron chi connectivity index (χ4n) is 0.139. The van der Waals surface area contributed by atoms with E-state index >= 15 is 0 Å². The maximum atomic E-state index is 7.89. The topological polar surface area (TPSA) is 29.5 Å². The molecule has 0 aliphatic rings. The first kappa shape index (κ1) is 5.73. The van der Waals surface area contributed by atoms with E-state index in [1.165, 1.54) is 7.00 Å². The van der Waals surface area contributed by atoms with Crippen molar-refractivity contribution in [3.05, 3.63) is 0 Å². The summed E-state index contributed by atoms with van der Waals surface area (Å²) < 4.78 is 4.55. The Bertz CT molecular complexity index is 44.8. The van der Waals surface area contributed by atoms with Gasteiger partial charge < -0.3 is 0 Å². The zero-order valence-electron chi connectivity index (χ0n) is 3.72. The summed E-state index contributed by atoms with van der Waals surface area (Å²) in [6, 6.07) is 0. The van der Waals surface area contributed by atoms with Crippen molar-refractivity contribution >= 4 is 14.0 Å². The Hall–Kier alpha value is -0.270. The summed E-state index contributed by atoms with van der Waals surface area (Å²) in [5, 5.41) is 7.89. The quantitative estimate of drug-likeness (QED) is 0.442. The Morgan fingerprint density at radius 1 is 1.83 bits per heavy atom. The van der Waals surface area contributed by atoms with Gasteiger partial charge in [0.1, 0.15) is 0 Å². The van der Waals surface area contributed by atoms with E-state index in [0.717, 1.165) is 7.00 Å². The van der Waals surface area contributed by atoms with Gasteiger partial charge in [0.25, 0.3) is 0 Å². The SMILES string of the molecule is CCOB=BO. The first-order chi connectivity index (χ1) is 2.91. The zero-order valence-corrected chi connectivity index (χ0v) is 3.72. The third kappa shape index (κ3) is 3.73. The molecule has 0 spiro atoms. The Morgan fingerprint density at radius 2 is 2.50 bits per heavy atom. The van der Waals surface area contributed by atoms with Gasteiger partial charge in [-0.1, -0.05) is 0 Å². The summed E-state index contributed by atoms with van der Waals surface area (Å²) in [4.78, 5) is 0. The first-order valence-electron chi connectivity index (χ1n) is 1.82. The molecule has 0 aromatic heterocycles. The third-order valence-electron chi connectivity index (χ3n) is 0.324. The van der Waals surface area contributed by atoms with Gasteiger partial charge in [-0.2, -0.15) is 0 Å². The Balaban J connectivity index is 2.66. The molecule has 0 saturated heterocycles. The molecule has 0 bridgehead atoms. The Labute approximate surface area is 38.3 Å². The average Bonchev–Trinajstić information content (AvgIpc) is 1.61. The number of hydrogen-bond donors (Lipinski definition) is 1. The van der Waals surface area contributed by atoms with Gasteiger partial charge in [-0.05, 0) is 0 Å². The molecule has 4 heteroatoms. The second-order valence-electron chi connectivity index (χ2n) is 0.740. The standard InChI is InChI=1S/C2H6B2O2/c1-2-6-4-3-5/h5H,2H2,1H3. The molecule has 1 N–H and O–H groups in total. The molecule has 0 aromatic carbocycles. The van der Waals surface area contributed by atoms with Crippen molar-refractivity contribution in [2.45, 2.75) is 6.92 Å². The van der Waals surface area contributed by atoms with E-state index in [1.807, 2.05) is 6.92 Å². The molecule has 0 fully saturated rings. The van der Waals surface area contributed by atoms with Crippen LogP contribution in [-0.2, 0) is 4.65 Å². The normalized spacial score (nSPS) is 6.83. The molecule has 0 atom stereocenters. The summed E-state index contributed by atoms with van der Waals surface area (Å²) in [5.74, 6) is 0. The summed E-state index contributed by atoms with van der Waals surface area (Å²) in [6.45, 7) is 2.46. The van der Waals surface area contributed by atoms with E-state index in [1.54, 1.807) is 0 Å². The molecule has 0 saturated carbocycles. The second-order valence-corrected chi connectivity index (χ2v) is 0.740. The van der Waals surface area contributed by atoms with Crippen molar-refractivity contribution < 1.29 is 9.68 Å². The van der Waals surface area contributed by atoms with Crippen LogP contribution in [0.3, 0.4) is 0 Å². The molecule has 0 unspecified atom stereocenters. The second kappa shape index (κ2) is 4.73. The van der Waals surface area contributed by atoms with Gasteiger partial charge in [0.05, 0.1) is 0 Å². The zero-order chi connectivity index (χ0) is 4.83. The molecule has 6 heavy (non-hydrogen) atoms. The molecule has 0 radical (unpaired) electrons. The van der Waals surface area contributed by atoms with Crippen LogP contribution in [0.25, 0.3) is 0 Å². The van der Waals surface area contributed by atoms with E-state index in [-0.39, 0.29) is 0 Å². The van der Waals surface area contributed by atoms with Gasteiger partial charge in [0.15, 0.2) is 0 Å². The summed E-state index contributed by atoms with van der Waals surface area (Å²) in [7, 11) is 2.10. The molecule has 0 aromatic rings. The average molecular weight is 83.7 g/mol. The monoisotopic (exact) mass is 84.1 g/mol. The molecule has 2 nitrogen and oxygen atoms in total. The van der Waals surface area contributed by atoms with Crippen molar-refractivity contribution in [2.75, 3.05) is 6.61 Å². The summed E-state index contributed by atoms with van der Waals surface area (Å²) in [5.41, 5.74) is 0. The molecular weight excluding hydrogens is 77.6 g/mol. The van der Waals surface area contributed by atoms with Crippen molar-refractivity contribution in [3.8, 4) is 0 Å². The third-order valence-corrected chi connectivity index (χ3v) is 0.324. The van der Waals surface area contributed by atoms with E-state index in [0.29, 0.717) is 6.61 Å². The van der Waals surface area contributed by atoms with Gasteiger partial charge in [0.2, 0.25) is 0 Å². The molecule has 0 amide bonds. The first-order valence-corrected chi connectivity index (χ1v) is 1.82. The van der Waals surface area contributed by atoms with E-state index in [2.05, 4.69) is 4.65 Å². The molecule has 0 rings (SSSR count). The molecule has 0 aliphatic heterocycles. The molecule has 0 heterocycles. The predicted molar refractivity (Wildman–Crippen MR) is 25.4 cm³/mol. The summed E-state index contributed by atoms with van der Waals surface area (Å²) in [6.07, 6.45) is 0. The van der Waals surface area contributed by atoms with Gasteiger partial charge in [-0.25, -0.2) is 0 Å². The van der Waals surface area contributed by atoms with Crippen LogP contribution < -0.4 is 0 Å². The van der Waals surface area contributed by atoms with Crippen LogP contribution in [0.15, 0.2) is 0 Å². The summed E-state index contributed by atoms with van der Waals surface area (Å²) >= 11 is 0. The van der Waals surface area contributed by atoms with E-state index in [9.17, 15) is 0 Å². The van der Waals surface area contributed by atoms with E-state index < -0.39 is 0 Å². The minimum atomic E-state index is 0.608. The van der Waals surface area contributed by atoms with Crippen LogP contribution in [0.1, 0.15) is 6.92 Å². The van der Waals surface area contributed by atoms with E-state index in [4.69, 9.17) is 5.02 Å². The van der Waals surface area contributed by atoms with Crippen LogP contribution in [0.4, 0.5) is 0 Å². The fourth-order valence-corrected chi connectivity index (χ4v) is 0.139. The van der Waals surface area contributed by atoms with Crippen molar-refractivity contribution in [1.82, 2.24) is 0 Å². The van der Waals surface area contributed by atoms with Crippen LogP contribution in [0.5, 0.6) is 0 Å². The predicted octanol–water partition coefficient (Wildman–Crippen LogP) is -0.831. The molecular formula is C2H6B2O2. The Morgan fingerprint density at radius 3 is 2.67 bits per heavy atom. The van der Waals surface area contributed by atoms with Crippen LogP contribution in [-0.4, -0.2) is 25.6 Å². The van der Waals surface area contributed by atoms with Gasteiger partial charge in [-0.3, -0.25) is 0 Å². The van der Waals surface area contributed by atoms with Gasteiger partial charge >= 0.3 is 37.2 Å². The Kier molecular flexibility index (Phi) is 4.52. The van der Waals surface area contributed by atoms with Crippen LogP contribution in [0, 0.1) is 0 Å². The molecule has 0 aliphatic carbocycles. The van der Waals surface area contributed by atoms with Gasteiger partial charge in [-0.15, -0.1) is 0 Å². The van der Waals surface area contributed by atoms with Crippen molar-refractivity contribution in [1.29, 1.82) is 0 Å². The van der Waals surface area contributed by atoms with Crippen molar-refractivity contribution in [2.24, 2.45) is 0 Å². The number of rotatable bonds is 2. The van der Waals surface area contributed by atoms with Crippen LogP contribution >= 0.6 is 0 Å². The number of hydrogen-bond acceptors (Lipinski definition) is 2.